The van der Waals surface area contributed by atoms with Crippen LogP contribution in [0.15, 0.2) is 35.1 Å². The molecule has 3 heterocycles. The van der Waals surface area contributed by atoms with Crippen molar-refractivity contribution in [2.24, 2.45) is 13.0 Å². The van der Waals surface area contributed by atoms with Crippen molar-refractivity contribution < 1.29 is 9.13 Å². The second-order valence-corrected chi connectivity index (χ2v) is 10.8. The number of hydrogen-bond donors (Lipinski definition) is 0. The maximum atomic E-state index is 14.1. The van der Waals surface area contributed by atoms with Gasteiger partial charge in [0.25, 0.3) is 5.56 Å². The Morgan fingerprint density at radius 3 is 2.49 bits per heavy atom. The molecule has 0 radical (unpaired) electrons. The maximum absolute atomic E-state index is 14.1. The first-order chi connectivity index (χ1) is 18.8. The Hall–Kier alpha value is -3.95. The molecule has 1 saturated carbocycles. The van der Waals surface area contributed by atoms with E-state index in [4.69, 9.17) is 4.74 Å². The molecule has 39 heavy (non-hydrogen) atoms. The highest BCUT2D eigenvalue weighted by molar-refractivity contribution is 5.92. The van der Waals surface area contributed by atoms with Crippen molar-refractivity contribution in [3.8, 4) is 12.1 Å². The van der Waals surface area contributed by atoms with Gasteiger partial charge in [-0.1, -0.05) is 0 Å². The number of ether oxygens (including phenoxy) is 1. The second kappa shape index (κ2) is 11.0. The largest absolute Gasteiger partial charge is 0.381 e. The molecular formula is C30H33FN6O2. The SMILES string of the molecule is Cc1cc(N(CC2CCOC2)[C@H]2CC[C@@H](N(C)c3c(C#N)c(=O)n(C)c4ccc(C#N)nc34)CC2)ccc1F. The minimum atomic E-state index is -0.372. The summed E-state index contributed by atoms with van der Waals surface area (Å²) < 4.78 is 21.1. The molecule has 1 saturated heterocycles. The monoisotopic (exact) mass is 528 g/mol. The van der Waals surface area contributed by atoms with Gasteiger partial charge < -0.3 is 19.1 Å². The van der Waals surface area contributed by atoms with Gasteiger partial charge in [-0.3, -0.25) is 4.79 Å². The highest BCUT2D eigenvalue weighted by Gasteiger charge is 2.32. The van der Waals surface area contributed by atoms with Gasteiger partial charge in [0, 0.05) is 50.9 Å². The Morgan fingerprint density at radius 1 is 1.10 bits per heavy atom. The van der Waals surface area contributed by atoms with Crippen LogP contribution in [0.25, 0.3) is 11.0 Å². The number of aryl methyl sites for hydroxylation is 2. The summed E-state index contributed by atoms with van der Waals surface area (Å²) in [4.78, 5) is 22.0. The van der Waals surface area contributed by atoms with Gasteiger partial charge in [-0.2, -0.15) is 10.5 Å². The lowest BCUT2D eigenvalue weighted by Crippen LogP contribution is -2.45. The van der Waals surface area contributed by atoms with Crippen LogP contribution < -0.4 is 15.4 Å². The molecule has 202 valence electrons. The van der Waals surface area contributed by atoms with Gasteiger partial charge in [0.15, 0.2) is 0 Å². The molecule has 1 aliphatic carbocycles. The minimum absolute atomic E-state index is 0.0434. The van der Waals surface area contributed by atoms with Crippen LogP contribution in [0.3, 0.4) is 0 Å². The number of nitriles is 2. The molecule has 2 aliphatic rings. The van der Waals surface area contributed by atoms with Crippen LogP contribution in [-0.4, -0.2) is 48.4 Å². The van der Waals surface area contributed by atoms with E-state index in [1.54, 1.807) is 32.2 Å². The maximum Gasteiger partial charge on any atom is 0.270 e. The summed E-state index contributed by atoms with van der Waals surface area (Å²) >= 11 is 0. The van der Waals surface area contributed by atoms with Crippen LogP contribution in [0, 0.1) is 41.3 Å². The number of hydrogen-bond acceptors (Lipinski definition) is 7. The van der Waals surface area contributed by atoms with Crippen LogP contribution in [0.2, 0.25) is 0 Å². The fraction of sp³-hybridized carbons (Fsp3) is 0.467. The molecule has 0 N–H and O–H groups in total. The quantitative estimate of drug-likeness (QED) is 0.467. The molecule has 0 amide bonds. The fourth-order valence-corrected chi connectivity index (χ4v) is 6.12. The summed E-state index contributed by atoms with van der Waals surface area (Å²) in [6, 6.07) is 13.2. The van der Waals surface area contributed by atoms with Gasteiger partial charge in [0.1, 0.15) is 34.7 Å². The Kier molecular flexibility index (Phi) is 7.54. The minimum Gasteiger partial charge on any atom is -0.381 e. The van der Waals surface area contributed by atoms with Gasteiger partial charge in [-0.15, -0.1) is 0 Å². The Balaban J connectivity index is 1.43. The first-order valence-corrected chi connectivity index (χ1v) is 13.5. The van der Waals surface area contributed by atoms with E-state index in [1.807, 2.05) is 24.1 Å². The van der Waals surface area contributed by atoms with Crippen molar-refractivity contribution in [3.63, 3.8) is 0 Å². The number of anilines is 2. The molecule has 1 atom stereocenters. The molecular weight excluding hydrogens is 495 g/mol. The third kappa shape index (κ3) is 5.07. The molecule has 0 bridgehead atoms. The zero-order chi connectivity index (χ0) is 27.7. The van der Waals surface area contributed by atoms with Crippen LogP contribution in [0.1, 0.15) is 48.9 Å². The van der Waals surface area contributed by atoms with Gasteiger partial charge in [0.05, 0.1) is 17.8 Å². The average molecular weight is 529 g/mol. The number of rotatable bonds is 6. The Labute approximate surface area is 227 Å². The topological polar surface area (TPSA) is 98.2 Å². The van der Waals surface area contributed by atoms with E-state index in [9.17, 15) is 19.7 Å². The van der Waals surface area contributed by atoms with Crippen molar-refractivity contribution in [2.75, 3.05) is 36.6 Å². The van der Waals surface area contributed by atoms with Crippen LogP contribution in [-0.2, 0) is 11.8 Å². The predicted molar refractivity (Wildman–Crippen MR) is 148 cm³/mol. The normalized spacial score (nSPS) is 20.9. The van der Waals surface area contributed by atoms with E-state index < -0.39 is 0 Å². The third-order valence-electron chi connectivity index (χ3n) is 8.40. The number of pyridine rings is 2. The molecule has 8 nitrogen and oxygen atoms in total. The van der Waals surface area contributed by atoms with Crippen molar-refractivity contribution in [1.82, 2.24) is 9.55 Å². The first-order valence-electron chi connectivity index (χ1n) is 13.5. The summed E-state index contributed by atoms with van der Waals surface area (Å²) in [6.45, 7) is 4.20. The number of benzene rings is 1. The van der Waals surface area contributed by atoms with E-state index >= 15 is 0 Å². The second-order valence-electron chi connectivity index (χ2n) is 10.8. The molecule has 2 aromatic heterocycles. The fourth-order valence-electron chi connectivity index (χ4n) is 6.12. The molecule has 1 aliphatic heterocycles. The Bertz CT molecular complexity index is 1520. The van der Waals surface area contributed by atoms with E-state index in [-0.39, 0.29) is 28.7 Å². The summed E-state index contributed by atoms with van der Waals surface area (Å²) in [5, 5.41) is 19.4. The zero-order valence-electron chi connectivity index (χ0n) is 22.7. The standard InChI is InChI=1S/C30H33FN6O2/c1-19-14-24(9-10-26(19)31)37(17-20-12-13-39-18-20)23-7-5-22(6-8-23)35(2)29-25(16-33)30(38)36(3)27-11-4-21(15-32)34-28(27)29/h4,9-11,14,20,22-23H,5-8,12-13,17-18H2,1-3H3/t20?,22-,23+. The number of aromatic nitrogens is 2. The predicted octanol–water partition coefficient (Wildman–Crippen LogP) is 4.41. The average Bonchev–Trinajstić information content (AvgIpc) is 3.48. The summed E-state index contributed by atoms with van der Waals surface area (Å²) in [5.74, 6) is 0.247. The van der Waals surface area contributed by atoms with E-state index in [1.165, 1.54) is 4.57 Å². The van der Waals surface area contributed by atoms with Crippen molar-refractivity contribution in [1.29, 1.82) is 10.5 Å². The van der Waals surface area contributed by atoms with Crippen molar-refractivity contribution >= 4 is 22.4 Å². The van der Waals surface area contributed by atoms with Crippen molar-refractivity contribution in [2.45, 2.75) is 51.1 Å². The van der Waals surface area contributed by atoms with Crippen LogP contribution in [0.5, 0.6) is 0 Å². The van der Waals surface area contributed by atoms with Gasteiger partial charge in [-0.05, 0) is 74.9 Å². The molecule has 2 fully saturated rings. The lowest BCUT2D eigenvalue weighted by Gasteiger charge is -2.42. The number of fused-ring (bicyclic) bond motifs is 1. The summed E-state index contributed by atoms with van der Waals surface area (Å²) in [5.41, 5.74) is 3.15. The molecule has 9 heteroatoms. The van der Waals surface area contributed by atoms with Crippen molar-refractivity contribution in [3.05, 3.63) is 63.3 Å². The third-order valence-corrected chi connectivity index (χ3v) is 8.40. The highest BCUT2D eigenvalue weighted by Crippen LogP contribution is 2.35. The molecule has 1 unspecified atom stereocenters. The highest BCUT2D eigenvalue weighted by atomic mass is 19.1. The first kappa shape index (κ1) is 26.6. The van der Waals surface area contributed by atoms with Gasteiger partial charge >= 0.3 is 0 Å². The summed E-state index contributed by atoms with van der Waals surface area (Å²) in [7, 11) is 3.53. The lowest BCUT2D eigenvalue weighted by molar-refractivity contribution is 0.185. The number of halogens is 1. The van der Waals surface area contributed by atoms with Crippen LogP contribution in [0.4, 0.5) is 15.8 Å². The van der Waals surface area contributed by atoms with E-state index in [0.29, 0.717) is 34.2 Å². The van der Waals surface area contributed by atoms with E-state index in [0.717, 1.165) is 57.6 Å². The lowest BCUT2D eigenvalue weighted by atomic mass is 9.88. The van der Waals surface area contributed by atoms with Crippen LogP contribution >= 0.6 is 0 Å². The van der Waals surface area contributed by atoms with Gasteiger partial charge in [0.2, 0.25) is 0 Å². The number of nitrogens with zero attached hydrogens (tertiary/aromatic N) is 6. The van der Waals surface area contributed by atoms with Gasteiger partial charge in [-0.25, -0.2) is 9.37 Å². The molecule has 3 aromatic rings. The van der Waals surface area contributed by atoms with E-state index in [2.05, 4.69) is 22.0 Å². The molecule has 1 aromatic carbocycles. The molecule has 5 rings (SSSR count). The Morgan fingerprint density at radius 2 is 1.85 bits per heavy atom. The molecule has 0 spiro atoms. The summed E-state index contributed by atoms with van der Waals surface area (Å²) in [6.07, 6.45) is 4.58. The zero-order valence-corrected chi connectivity index (χ0v) is 22.7. The smallest absolute Gasteiger partial charge is 0.270 e.